The molecule has 1 amide bonds. The molecule has 0 spiro atoms. The van der Waals surface area contributed by atoms with Gasteiger partial charge in [-0.3, -0.25) is 4.79 Å². The van der Waals surface area contributed by atoms with Crippen molar-refractivity contribution >= 4 is 44.4 Å². The molecule has 0 fully saturated rings. The van der Waals surface area contributed by atoms with E-state index in [9.17, 15) is 4.79 Å². The van der Waals surface area contributed by atoms with E-state index in [0.717, 1.165) is 10.4 Å². The Bertz CT molecular complexity index is 1150. The van der Waals surface area contributed by atoms with Gasteiger partial charge in [-0.25, -0.2) is 0 Å². The van der Waals surface area contributed by atoms with Crippen LogP contribution in [0.3, 0.4) is 0 Å². The molecule has 2 heterocycles. The molecule has 2 aromatic heterocycles. The van der Waals surface area contributed by atoms with Crippen molar-refractivity contribution in [3.8, 4) is 27.7 Å². The number of carbonyl (C=O) groups is 1. The summed E-state index contributed by atoms with van der Waals surface area (Å²) in [6.07, 6.45) is 0. The summed E-state index contributed by atoms with van der Waals surface area (Å²) in [5, 5.41) is 6.25. The predicted molar refractivity (Wildman–Crippen MR) is 119 cm³/mol. The van der Waals surface area contributed by atoms with Crippen molar-refractivity contribution in [3.63, 3.8) is 0 Å². The van der Waals surface area contributed by atoms with Crippen molar-refractivity contribution in [1.82, 2.24) is 0 Å². The Labute approximate surface area is 176 Å². The number of anilines is 1. The Hall–Kier alpha value is -3.03. The highest BCUT2D eigenvalue weighted by atomic mass is 32.1. The first-order valence-electron chi connectivity index (χ1n) is 8.82. The van der Waals surface area contributed by atoms with E-state index in [1.54, 1.807) is 44.8 Å². The molecule has 1 N–H and O–H groups in total. The second kappa shape index (κ2) is 8.14. The highest BCUT2D eigenvalue weighted by Gasteiger charge is 2.17. The number of ether oxygens (including phenoxy) is 3. The predicted octanol–water partition coefficient (Wildman–Crippen LogP) is 5.91. The maximum absolute atomic E-state index is 12.8. The number of benzene rings is 2. The lowest BCUT2D eigenvalue weighted by molar-refractivity contribution is 0.103. The third kappa shape index (κ3) is 3.66. The monoisotopic (exact) mass is 425 g/mol. The highest BCUT2D eigenvalue weighted by Crippen LogP contribution is 2.41. The van der Waals surface area contributed by atoms with Crippen LogP contribution in [0, 0.1) is 0 Å². The zero-order valence-electron chi connectivity index (χ0n) is 16.1. The molecule has 0 saturated carbocycles. The van der Waals surface area contributed by atoms with Crippen molar-refractivity contribution in [2.24, 2.45) is 0 Å². The second-order valence-electron chi connectivity index (χ2n) is 6.18. The van der Waals surface area contributed by atoms with Gasteiger partial charge in [0.25, 0.3) is 5.91 Å². The average Bonchev–Trinajstić information content (AvgIpc) is 3.40. The number of amides is 1. The molecule has 0 radical (unpaired) electrons. The zero-order chi connectivity index (χ0) is 20.4. The number of hydrogen-bond acceptors (Lipinski definition) is 6. The van der Waals surface area contributed by atoms with E-state index in [0.29, 0.717) is 27.8 Å². The van der Waals surface area contributed by atoms with Gasteiger partial charge in [-0.05, 0) is 18.2 Å². The van der Waals surface area contributed by atoms with Crippen LogP contribution in [0.15, 0.2) is 53.9 Å². The van der Waals surface area contributed by atoms with E-state index >= 15 is 0 Å². The second-order valence-corrected chi connectivity index (χ2v) is 8.17. The fraction of sp³-hybridized carbons (Fsp3) is 0.136. The first-order chi connectivity index (χ1) is 14.1. The van der Waals surface area contributed by atoms with Crippen LogP contribution in [0.5, 0.6) is 17.2 Å². The summed E-state index contributed by atoms with van der Waals surface area (Å²) in [5.74, 6) is 1.27. The van der Waals surface area contributed by atoms with Gasteiger partial charge in [0.05, 0.1) is 26.2 Å². The molecule has 0 aliphatic carbocycles. The van der Waals surface area contributed by atoms with E-state index in [1.165, 1.54) is 21.4 Å². The minimum absolute atomic E-state index is 0.185. The number of hydrogen-bond donors (Lipinski definition) is 1. The number of carbonyl (C=O) groups excluding carboxylic acids is 1. The normalized spacial score (nSPS) is 10.7. The molecule has 0 unspecified atom stereocenters. The maximum Gasteiger partial charge on any atom is 0.265 e. The third-order valence-corrected chi connectivity index (χ3v) is 6.58. The van der Waals surface area contributed by atoms with Crippen molar-refractivity contribution in [2.45, 2.75) is 0 Å². The van der Waals surface area contributed by atoms with E-state index < -0.39 is 0 Å². The van der Waals surface area contributed by atoms with Crippen LogP contribution in [0.4, 0.5) is 5.69 Å². The molecular weight excluding hydrogens is 406 g/mol. The Morgan fingerprint density at radius 2 is 1.66 bits per heavy atom. The fourth-order valence-corrected chi connectivity index (χ4v) is 5.09. The number of nitrogens with one attached hydrogen (secondary N) is 1. The van der Waals surface area contributed by atoms with Gasteiger partial charge in [0.2, 0.25) is 5.75 Å². The molecule has 4 rings (SSSR count). The van der Waals surface area contributed by atoms with Crippen LogP contribution in [0.1, 0.15) is 9.67 Å². The van der Waals surface area contributed by atoms with Gasteiger partial charge in [0.15, 0.2) is 11.5 Å². The van der Waals surface area contributed by atoms with Crippen molar-refractivity contribution in [1.29, 1.82) is 0 Å². The minimum Gasteiger partial charge on any atom is -0.493 e. The largest absolute Gasteiger partial charge is 0.493 e. The standard InChI is InChI=1S/C22H19NO4S2/c1-25-16-10-13(11-17(26-2)21(16)27-3)23-22(24)20-9-8-19(29-20)15-12-28-18-7-5-4-6-14(15)18/h4-12H,1-3H3,(H,23,24). The van der Waals surface area contributed by atoms with Crippen LogP contribution in [-0.2, 0) is 0 Å². The summed E-state index contributed by atoms with van der Waals surface area (Å²) in [5.41, 5.74) is 1.72. The van der Waals surface area contributed by atoms with E-state index in [-0.39, 0.29) is 5.91 Å². The molecule has 0 bridgehead atoms. The maximum atomic E-state index is 12.8. The molecular formula is C22H19NO4S2. The van der Waals surface area contributed by atoms with Gasteiger partial charge in [-0.15, -0.1) is 22.7 Å². The Balaban J connectivity index is 1.60. The molecule has 0 saturated heterocycles. The summed E-state index contributed by atoms with van der Waals surface area (Å²) in [4.78, 5) is 14.5. The van der Waals surface area contributed by atoms with E-state index in [1.807, 2.05) is 24.3 Å². The smallest absolute Gasteiger partial charge is 0.265 e. The van der Waals surface area contributed by atoms with Gasteiger partial charge >= 0.3 is 0 Å². The van der Waals surface area contributed by atoms with Crippen molar-refractivity contribution < 1.29 is 19.0 Å². The molecule has 7 heteroatoms. The molecule has 29 heavy (non-hydrogen) atoms. The van der Waals surface area contributed by atoms with Crippen LogP contribution < -0.4 is 19.5 Å². The molecule has 148 valence electrons. The highest BCUT2D eigenvalue weighted by molar-refractivity contribution is 7.20. The summed E-state index contributed by atoms with van der Waals surface area (Å²) in [7, 11) is 4.62. The van der Waals surface area contributed by atoms with Gasteiger partial charge in [-0.2, -0.15) is 0 Å². The SMILES string of the molecule is COc1cc(NC(=O)c2ccc(-c3csc4ccccc34)s2)cc(OC)c1OC. The van der Waals surface area contributed by atoms with E-state index in [2.05, 4.69) is 22.8 Å². The lowest BCUT2D eigenvalue weighted by Gasteiger charge is -2.14. The fourth-order valence-electron chi connectivity index (χ4n) is 3.12. The average molecular weight is 426 g/mol. The first-order valence-corrected chi connectivity index (χ1v) is 10.5. The van der Waals surface area contributed by atoms with Crippen LogP contribution in [0.2, 0.25) is 0 Å². The number of thiophene rings is 2. The number of fused-ring (bicyclic) bond motifs is 1. The molecule has 0 atom stereocenters. The zero-order valence-corrected chi connectivity index (χ0v) is 17.8. The first kappa shape index (κ1) is 19.3. The van der Waals surface area contributed by atoms with Gasteiger partial charge in [0, 0.05) is 43.7 Å². The van der Waals surface area contributed by atoms with E-state index in [4.69, 9.17) is 14.2 Å². The topological polar surface area (TPSA) is 56.8 Å². The van der Waals surface area contributed by atoms with Gasteiger partial charge < -0.3 is 19.5 Å². The van der Waals surface area contributed by atoms with Gasteiger partial charge in [-0.1, -0.05) is 18.2 Å². The number of methoxy groups -OCH3 is 3. The molecule has 0 aliphatic rings. The van der Waals surface area contributed by atoms with Crippen molar-refractivity contribution in [2.75, 3.05) is 26.6 Å². The van der Waals surface area contributed by atoms with Crippen LogP contribution in [0.25, 0.3) is 20.5 Å². The minimum atomic E-state index is -0.185. The number of rotatable bonds is 6. The molecule has 2 aromatic carbocycles. The Morgan fingerprint density at radius 1 is 0.931 bits per heavy atom. The van der Waals surface area contributed by atoms with Crippen LogP contribution in [-0.4, -0.2) is 27.2 Å². The van der Waals surface area contributed by atoms with Crippen LogP contribution >= 0.6 is 22.7 Å². The van der Waals surface area contributed by atoms with Gasteiger partial charge in [0.1, 0.15) is 0 Å². The summed E-state index contributed by atoms with van der Waals surface area (Å²) >= 11 is 3.17. The Morgan fingerprint density at radius 3 is 2.34 bits per heavy atom. The molecule has 0 aliphatic heterocycles. The molecule has 4 aromatic rings. The quantitative estimate of drug-likeness (QED) is 0.417. The third-order valence-electron chi connectivity index (χ3n) is 4.50. The summed E-state index contributed by atoms with van der Waals surface area (Å²) < 4.78 is 17.3. The summed E-state index contributed by atoms with van der Waals surface area (Å²) in [6, 6.07) is 15.5. The lowest BCUT2D eigenvalue weighted by atomic mass is 10.1. The van der Waals surface area contributed by atoms with Crippen molar-refractivity contribution in [3.05, 3.63) is 58.8 Å². The summed E-state index contributed by atoms with van der Waals surface area (Å²) in [6.45, 7) is 0. The lowest BCUT2D eigenvalue weighted by Crippen LogP contribution is -2.10. The molecule has 5 nitrogen and oxygen atoms in total. The Kier molecular flexibility index (Phi) is 5.42.